The molecule has 3 aromatic rings. The van der Waals surface area contributed by atoms with Gasteiger partial charge in [0.15, 0.2) is 5.65 Å². The molecule has 7 heteroatoms. The van der Waals surface area contributed by atoms with Gasteiger partial charge in [-0.1, -0.05) is 30.3 Å². The molecule has 1 saturated heterocycles. The van der Waals surface area contributed by atoms with E-state index in [1.807, 2.05) is 35.2 Å². The van der Waals surface area contributed by atoms with E-state index in [-0.39, 0.29) is 17.6 Å². The van der Waals surface area contributed by atoms with Crippen LogP contribution in [0.4, 0.5) is 0 Å². The molecule has 0 unspecified atom stereocenters. The lowest BCUT2D eigenvalue weighted by Gasteiger charge is -2.33. The summed E-state index contributed by atoms with van der Waals surface area (Å²) in [5, 5.41) is 0. The zero-order valence-corrected chi connectivity index (χ0v) is 14.7. The summed E-state index contributed by atoms with van der Waals surface area (Å²) in [5.41, 5.74) is 2.25. The summed E-state index contributed by atoms with van der Waals surface area (Å²) < 4.78 is 3.29. The van der Waals surface area contributed by atoms with E-state index in [1.54, 1.807) is 22.4 Å². The zero-order valence-electron chi connectivity index (χ0n) is 14.7. The number of carbonyl (C=O) groups excluding carboxylic acids is 1. The van der Waals surface area contributed by atoms with Crippen molar-refractivity contribution in [1.29, 1.82) is 0 Å². The second kappa shape index (κ2) is 6.74. The number of nitrogens with zero attached hydrogens (tertiary/aromatic N) is 5. The summed E-state index contributed by atoms with van der Waals surface area (Å²) in [6.07, 6.45) is 5.23. The van der Waals surface area contributed by atoms with Crippen LogP contribution in [-0.2, 0) is 18.3 Å². The van der Waals surface area contributed by atoms with Gasteiger partial charge in [0.2, 0.25) is 5.91 Å². The Labute approximate surface area is 150 Å². The Bertz CT molecular complexity index is 992. The van der Waals surface area contributed by atoms with Gasteiger partial charge in [-0.05, 0) is 18.4 Å². The van der Waals surface area contributed by atoms with E-state index < -0.39 is 0 Å². The second-order valence-corrected chi connectivity index (χ2v) is 6.74. The molecular weight excluding hydrogens is 330 g/mol. The molecule has 4 rings (SSSR count). The van der Waals surface area contributed by atoms with E-state index in [9.17, 15) is 9.59 Å². The van der Waals surface area contributed by atoms with Crippen molar-refractivity contribution in [3.63, 3.8) is 0 Å². The number of likely N-dealkylation sites (tertiary alicyclic amines) is 1. The Hall–Kier alpha value is -2.96. The maximum Gasteiger partial charge on any atom is 0.330 e. The Morgan fingerprint density at radius 1 is 1.27 bits per heavy atom. The van der Waals surface area contributed by atoms with Gasteiger partial charge in [0.1, 0.15) is 11.8 Å². The average Bonchev–Trinajstić information content (AvgIpc) is 2.94. The van der Waals surface area contributed by atoms with Gasteiger partial charge >= 0.3 is 5.69 Å². The predicted molar refractivity (Wildman–Crippen MR) is 97.8 cm³/mol. The molecule has 2 aromatic heterocycles. The van der Waals surface area contributed by atoms with Crippen molar-refractivity contribution in [1.82, 2.24) is 24.0 Å². The highest BCUT2D eigenvalue weighted by Crippen LogP contribution is 2.24. The molecule has 3 heterocycles. The van der Waals surface area contributed by atoms with Crippen molar-refractivity contribution in [2.45, 2.75) is 25.3 Å². The van der Waals surface area contributed by atoms with Crippen LogP contribution in [0, 0.1) is 0 Å². The molecule has 0 saturated carbocycles. The van der Waals surface area contributed by atoms with Crippen LogP contribution in [0.2, 0.25) is 0 Å². The first kappa shape index (κ1) is 16.5. The van der Waals surface area contributed by atoms with Gasteiger partial charge in [-0.25, -0.2) is 14.8 Å². The van der Waals surface area contributed by atoms with Crippen molar-refractivity contribution < 1.29 is 4.79 Å². The first-order valence-corrected chi connectivity index (χ1v) is 8.84. The molecule has 0 aliphatic carbocycles. The number of hydrogen-bond donors (Lipinski definition) is 0. The van der Waals surface area contributed by atoms with Crippen LogP contribution in [0.3, 0.4) is 0 Å². The van der Waals surface area contributed by atoms with Gasteiger partial charge in [-0.2, -0.15) is 0 Å². The van der Waals surface area contributed by atoms with Gasteiger partial charge in [-0.3, -0.25) is 13.9 Å². The molecule has 134 valence electrons. The number of rotatable bonds is 3. The molecule has 1 aromatic carbocycles. The Morgan fingerprint density at radius 2 is 2.08 bits per heavy atom. The van der Waals surface area contributed by atoms with E-state index >= 15 is 0 Å². The average molecular weight is 351 g/mol. The molecule has 1 fully saturated rings. The number of aryl methyl sites for hydroxylation is 1. The largest absolute Gasteiger partial charge is 0.340 e. The Kier molecular flexibility index (Phi) is 4.28. The maximum atomic E-state index is 12.7. The number of amides is 1. The molecular formula is C19H21N5O2. The number of aromatic nitrogens is 4. The van der Waals surface area contributed by atoms with Gasteiger partial charge in [0.05, 0.1) is 18.7 Å². The fraction of sp³-hybridized carbons (Fsp3) is 0.368. The topological polar surface area (TPSA) is 73.0 Å². The van der Waals surface area contributed by atoms with Gasteiger partial charge in [-0.15, -0.1) is 0 Å². The summed E-state index contributed by atoms with van der Waals surface area (Å²) in [6, 6.07) is 9.69. The lowest BCUT2D eigenvalue weighted by Crippen LogP contribution is -2.43. The van der Waals surface area contributed by atoms with Crippen LogP contribution in [-0.4, -0.2) is 43.0 Å². The number of carbonyl (C=O) groups is 1. The lowest BCUT2D eigenvalue weighted by molar-refractivity contribution is -0.132. The third-order valence-corrected chi connectivity index (χ3v) is 5.07. The molecule has 0 bridgehead atoms. The summed E-state index contributed by atoms with van der Waals surface area (Å²) in [7, 11) is 1.73. The van der Waals surface area contributed by atoms with E-state index in [1.165, 1.54) is 6.33 Å². The van der Waals surface area contributed by atoms with E-state index in [0.29, 0.717) is 24.1 Å². The maximum absolute atomic E-state index is 12.7. The molecule has 0 spiro atoms. The standard InChI is InChI=1S/C19H21N5O2/c1-22-16-11-20-13-21-18(16)24(19(22)26)15-8-5-9-23(12-15)17(25)10-14-6-3-2-4-7-14/h2-4,6-7,11,13,15H,5,8-10,12H2,1H3/t15-/m0/s1. The van der Waals surface area contributed by atoms with E-state index in [2.05, 4.69) is 9.97 Å². The van der Waals surface area contributed by atoms with Crippen LogP contribution >= 0.6 is 0 Å². The van der Waals surface area contributed by atoms with Crippen molar-refractivity contribution in [3.05, 3.63) is 58.9 Å². The number of imidazole rings is 1. The summed E-state index contributed by atoms with van der Waals surface area (Å²) >= 11 is 0. The highest BCUT2D eigenvalue weighted by atomic mass is 16.2. The smallest absolute Gasteiger partial charge is 0.330 e. The monoisotopic (exact) mass is 351 g/mol. The quantitative estimate of drug-likeness (QED) is 0.717. The normalized spacial score (nSPS) is 17.6. The highest BCUT2D eigenvalue weighted by molar-refractivity contribution is 5.79. The molecule has 7 nitrogen and oxygen atoms in total. The van der Waals surface area contributed by atoms with Crippen LogP contribution in [0.15, 0.2) is 47.7 Å². The minimum atomic E-state index is -0.108. The molecule has 1 amide bonds. The SMILES string of the molecule is Cn1c(=O)n([C@H]2CCCN(C(=O)Cc3ccccc3)C2)c2ncncc21. The molecule has 1 atom stereocenters. The minimum absolute atomic E-state index is 0.0606. The fourth-order valence-corrected chi connectivity index (χ4v) is 3.70. The van der Waals surface area contributed by atoms with Crippen molar-refractivity contribution in [2.24, 2.45) is 7.05 Å². The van der Waals surface area contributed by atoms with Crippen LogP contribution in [0.1, 0.15) is 24.4 Å². The van der Waals surface area contributed by atoms with E-state index in [0.717, 1.165) is 24.9 Å². The van der Waals surface area contributed by atoms with Crippen molar-refractivity contribution >= 4 is 17.1 Å². The number of piperidine rings is 1. The van der Waals surface area contributed by atoms with Crippen LogP contribution in [0.25, 0.3) is 11.2 Å². The molecule has 26 heavy (non-hydrogen) atoms. The Morgan fingerprint density at radius 3 is 2.88 bits per heavy atom. The second-order valence-electron chi connectivity index (χ2n) is 6.74. The predicted octanol–water partition coefficient (Wildman–Crippen LogP) is 1.54. The van der Waals surface area contributed by atoms with Crippen LogP contribution < -0.4 is 5.69 Å². The van der Waals surface area contributed by atoms with Gasteiger partial charge < -0.3 is 4.90 Å². The molecule has 0 N–H and O–H groups in total. The Balaban J connectivity index is 1.59. The first-order chi connectivity index (χ1) is 12.6. The lowest BCUT2D eigenvalue weighted by atomic mass is 10.0. The third kappa shape index (κ3) is 2.89. The number of hydrogen-bond acceptors (Lipinski definition) is 4. The summed E-state index contributed by atoms with van der Waals surface area (Å²) in [5.74, 6) is 0.101. The van der Waals surface area contributed by atoms with Gasteiger partial charge in [0, 0.05) is 20.1 Å². The molecule has 1 aliphatic rings. The molecule has 1 aliphatic heterocycles. The molecule has 0 radical (unpaired) electrons. The summed E-state index contributed by atoms with van der Waals surface area (Å²) in [6.45, 7) is 1.27. The minimum Gasteiger partial charge on any atom is -0.340 e. The number of fused-ring (bicyclic) bond motifs is 1. The van der Waals surface area contributed by atoms with Crippen molar-refractivity contribution in [3.8, 4) is 0 Å². The highest BCUT2D eigenvalue weighted by Gasteiger charge is 2.28. The number of benzene rings is 1. The first-order valence-electron chi connectivity index (χ1n) is 8.84. The van der Waals surface area contributed by atoms with Crippen LogP contribution in [0.5, 0.6) is 0 Å². The summed E-state index contributed by atoms with van der Waals surface area (Å²) in [4.78, 5) is 35.6. The van der Waals surface area contributed by atoms with Gasteiger partial charge in [0.25, 0.3) is 0 Å². The zero-order chi connectivity index (χ0) is 18.1. The van der Waals surface area contributed by atoms with Crippen molar-refractivity contribution in [2.75, 3.05) is 13.1 Å². The fourth-order valence-electron chi connectivity index (χ4n) is 3.70. The van der Waals surface area contributed by atoms with E-state index in [4.69, 9.17) is 0 Å². The third-order valence-electron chi connectivity index (χ3n) is 5.07.